The van der Waals surface area contributed by atoms with Crippen molar-refractivity contribution >= 4 is 37.3 Å². The Bertz CT molecular complexity index is 765. The van der Waals surface area contributed by atoms with Crippen molar-refractivity contribution in [1.29, 1.82) is 0 Å². The Labute approximate surface area is 124 Å². The van der Waals surface area contributed by atoms with Crippen LogP contribution in [0.3, 0.4) is 0 Å². The minimum absolute atomic E-state index is 0.273. The van der Waals surface area contributed by atoms with Crippen molar-refractivity contribution in [3.63, 3.8) is 0 Å². The molecule has 1 heterocycles. The topological polar surface area (TPSA) is 85.1 Å². The third kappa shape index (κ3) is 2.91. The average molecular weight is 360 g/mol. The number of sulfonamides is 1. The van der Waals surface area contributed by atoms with E-state index in [0.29, 0.717) is 4.60 Å². The van der Waals surface area contributed by atoms with Crippen LogP contribution in [-0.4, -0.2) is 13.4 Å². The number of halogens is 2. The summed E-state index contributed by atoms with van der Waals surface area (Å²) in [4.78, 5) is 3.67. The van der Waals surface area contributed by atoms with Crippen LogP contribution in [0.4, 0.5) is 15.8 Å². The van der Waals surface area contributed by atoms with Gasteiger partial charge in [-0.1, -0.05) is 6.07 Å². The lowest BCUT2D eigenvalue weighted by atomic mass is 10.3. The molecule has 1 aromatic carbocycles. The maximum atomic E-state index is 13.3. The van der Waals surface area contributed by atoms with E-state index in [4.69, 9.17) is 5.73 Å². The van der Waals surface area contributed by atoms with Crippen LogP contribution < -0.4 is 10.5 Å². The molecule has 0 amide bonds. The first kappa shape index (κ1) is 14.7. The van der Waals surface area contributed by atoms with Gasteiger partial charge < -0.3 is 5.73 Å². The molecule has 0 bridgehead atoms. The van der Waals surface area contributed by atoms with Crippen LogP contribution in [0, 0.1) is 12.7 Å². The van der Waals surface area contributed by atoms with Gasteiger partial charge in [-0.3, -0.25) is 4.72 Å². The van der Waals surface area contributed by atoms with Gasteiger partial charge in [-0.25, -0.2) is 17.8 Å². The first-order valence-corrected chi connectivity index (χ1v) is 7.78. The predicted octanol–water partition coefficient (Wildman–Crippen LogP) is 2.67. The maximum absolute atomic E-state index is 13.3. The van der Waals surface area contributed by atoms with E-state index in [0.717, 1.165) is 11.6 Å². The number of hydrogen-bond acceptors (Lipinski definition) is 4. The number of para-hydroxylation sites is 1. The lowest BCUT2D eigenvalue weighted by molar-refractivity contribution is 0.597. The molecule has 0 aliphatic rings. The predicted molar refractivity (Wildman–Crippen MR) is 78.3 cm³/mol. The van der Waals surface area contributed by atoms with Gasteiger partial charge in [0.1, 0.15) is 15.3 Å². The summed E-state index contributed by atoms with van der Waals surface area (Å²) >= 11 is 3.22. The Morgan fingerprint density at radius 1 is 1.40 bits per heavy atom. The number of aryl methyl sites for hydroxylation is 1. The van der Waals surface area contributed by atoms with E-state index in [1.54, 1.807) is 13.0 Å². The first-order valence-electron chi connectivity index (χ1n) is 5.50. The molecule has 20 heavy (non-hydrogen) atoms. The summed E-state index contributed by atoms with van der Waals surface area (Å²) < 4.78 is 40.6. The van der Waals surface area contributed by atoms with Crippen LogP contribution in [0.15, 0.2) is 40.0 Å². The smallest absolute Gasteiger partial charge is 0.264 e. The average Bonchev–Trinajstić information content (AvgIpc) is 2.36. The zero-order chi connectivity index (χ0) is 14.9. The van der Waals surface area contributed by atoms with E-state index >= 15 is 0 Å². The Kier molecular flexibility index (Phi) is 3.96. The van der Waals surface area contributed by atoms with Gasteiger partial charge in [0.2, 0.25) is 0 Å². The van der Waals surface area contributed by atoms with E-state index in [-0.39, 0.29) is 10.6 Å². The monoisotopic (exact) mass is 359 g/mol. The van der Waals surface area contributed by atoms with Gasteiger partial charge in [-0.05, 0) is 46.6 Å². The fourth-order valence-corrected chi connectivity index (χ4v) is 2.97. The van der Waals surface area contributed by atoms with E-state index in [2.05, 4.69) is 25.6 Å². The van der Waals surface area contributed by atoms with Crippen LogP contribution in [0.1, 0.15) is 5.56 Å². The molecule has 0 atom stereocenters. The third-order valence-electron chi connectivity index (χ3n) is 2.57. The van der Waals surface area contributed by atoms with Crippen LogP contribution >= 0.6 is 15.9 Å². The largest absolute Gasteiger partial charge is 0.395 e. The summed E-state index contributed by atoms with van der Waals surface area (Å²) in [5.74, 6) is -0.780. The van der Waals surface area contributed by atoms with Crippen LogP contribution in [-0.2, 0) is 10.0 Å². The fraction of sp³-hybridized carbons (Fsp3) is 0.0833. The highest BCUT2D eigenvalue weighted by Gasteiger charge is 2.19. The molecule has 0 fully saturated rings. The van der Waals surface area contributed by atoms with Gasteiger partial charge in [0.05, 0.1) is 17.6 Å². The fourth-order valence-electron chi connectivity index (χ4n) is 1.58. The SMILES string of the molecule is Cc1cc(NS(=O)(=O)c2cccc(F)c2N)cnc1Br. The van der Waals surface area contributed by atoms with Crippen molar-refractivity contribution in [3.05, 3.63) is 46.4 Å². The van der Waals surface area contributed by atoms with Crippen molar-refractivity contribution in [1.82, 2.24) is 4.98 Å². The summed E-state index contributed by atoms with van der Waals surface area (Å²) in [6.45, 7) is 1.77. The number of nitrogen functional groups attached to an aromatic ring is 1. The molecule has 0 saturated carbocycles. The number of anilines is 2. The third-order valence-corrected chi connectivity index (χ3v) is 4.84. The van der Waals surface area contributed by atoms with Crippen molar-refractivity contribution < 1.29 is 12.8 Å². The number of nitrogens with zero attached hydrogens (tertiary/aromatic N) is 1. The zero-order valence-electron chi connectivity index (χ0n) is 10.4. The molecular weight excluding hydrogens is 349 g/mol. The first-order chi connectivity index (χ1) is 9.31. The number of pyridine rings is 1. The highest BCUT2D eigenvalue weighted by atomic mass is 79.9. The van der Waals surface area contributed by atoms with Gasteiger partial charge in [0.25, 0.3) is 10.0 Å². The van der Waals surface area contributed by atoms with Gasteiger partial charge >= 0.3 is 0 Å². The van der Waals surface area contributed by atoms with Crippen LogP contribution in [0.5, 0.6) is 0 Å². The second kappa shape index (κ2) is 5.37. The number of aromatic nitrogens is 1. The number of rotatable bonds is 3. The highest BCUT2D eigenvalue weighted by Crippen LogP contribution is 2.24. The minimum atomic E-state index is -3.97. The summed E-state index contributed by atoms with van der Waals surface area (Å²) in [5.41, 5.74) is 6.08. The van der Waals surface area contributed by atoms with Crippen LogP contribution in [0.25, 0.3) is 0 Å². The summed E-state index contributed by atoms with van der Waals surface area (Å²) in [7, 11) is -3.97. The molecule has 1 aromatic heterocycles. The maximum Gasteiger partial charge on any atom is 0.264 e. The normalized spacial score (nSPS) is 11.3. The molecule has 0 aliphatic heterocycles. The van der Waals surface area contributed by atoms with Crippen molar-refractivity contribution in [2.45, 2.75) is 11.8 Å². The Hall–Kier alpha value is -1.67. The second-order valence-corrected chi connectivity index (χ2v) is 6.49. The second-order valence-electron chi connectivity index (χ2n) is 4.09. The molecule has 0 radical (unpaired) electrons. The van der Waals surface area contributed by atoms with Crippen molar-refractivity contribution in [2.75, 3.05) is 10.5 Å². The zero-order valence-corrected chi connectivity index (χ0v) is 12.8. The summed E-state index contributed by atoms with van der Waals surface area (Å²) in [6.07, 6.45) is 1.35. The van der Waals surface area contributed by atoms with E-state index in [9.17, 15) is 12.8 Å². The lowest BCUT2D eigenvalue weighted by Gasteiger charge is -2.11. The van der Waals surface area contributed by atoms with Gasteiger partial charge in [0, 0.05) is 0 Å². The molecule has 8 heteroatoms. The standard InChI is InChI=1S/C12H11BrFN3O2S/c1-7-5-8(6-16-12(7)13)17-20(18,19)10-4-2-3-9(14)11(10)15/h2-6,17H,15H2,1H3. The highest BCUT2D eigenvalue weighted by molar-refractivity contribution is 9.10. The summed E-state index contributed by atoms with van der Waals surface area (Å²) in [5, 5.41) is 0. The van der Waals surface area contributed by atoms with Gasteiger partial charge in [0.15, 0.2) is 0 Å². The molecule has 2 aromatic rings. The Balaban J connectivity index is 2.41. The molecule has 3 N–H and O–H groups in total. The van der Waals surface area contributed by atoms with E-state index in [1.165, 1.54) is 18.3 Å². The minimum Gasteiger partial charge on any atom is -0.395 e. The van der Waals surface area contributed by atoms with Crippen molar-refractivity contribution in [2.24, 2.45) is 0 Å². The molecule has 0 aliphatic carbocycles. The molecular formula is C12H11BrFN3O2S. The molecule has 2 rings (SSSR count). The number of benzene rings is 1. The molecule has 5 nitrogen and oxygen atoms in total. The van der Waals surface area contributed by atoms with E-state index < -0.39 is 21.5 Å². The molecule has 106 valence electrons. The van der Waals surface area contributed by atoms with Crippen LogP contribution in [0.2, 0.25) is 0 Å². The number of nitrogens with one attached hydrogen (secondary N) is 1. The van der Waals surface area contributed by atoms with Gasteiger partial charge in [-0.2, -0.15) is 0 Å². The molecule has 0 unspecified atom stereocenters. The lowest BCUT2D eigenvalue weighted by Crippen LogP contribution is -2.15. The summed E-state index contributed by atoms with van der Waals surface area (Å²) in [6, 6.07) is 5.22. The van der Waals surface area contributed by atoms with E-state index in [1.807, 2.05) is 0 Å². The Morgan fingerprint density at radius 3 is 2.75 bits per heavy atom. The number of nitrogens with two attached hydrogens (primary N) is 1. The quantitative estimate of drug-likeness (QED) is 0.651. The van der Waals surface area contributed by atoms with Gasteiger partial charge in [-0.15, -0.1) is 0 Å². The molecule has 0 saturated heterocycles. The Morgan fingerprint density at radius 2 is 2.10 bits per heavy atom. The molecule has 0 spiro atoms. The van der Waals surface area contributed by atoms with Crippen molar-refractivity contribution in [3.8, 4) is 0 Å². The number of hydrogen-bond donors (Lipinski definition) is 2.